The van der Waals surface area contributed by atoms with Crippen molar-refractivity contribution in [2.24, 2.45) is 23.7 Å². The van der Waals surface area contributed by atoms with Crippen molar-refractivity contribution >= 4 is 10.8 Å². The van der Waals surface area contributed by atoms with Crippen molar-refractivity contribution in [2.75, 3.05) is 0 Å². The van der Waals surface area contributed by atoms with Crippen LogP contribution in [-0.4, -0.2) is 15.8 Å². The molecule has 1 aliphatic heterocycles. The highest BCUT2D eigenvalue weighted by Gasteiger charge is 2.66. The van der Waals surface area contributed by atoms with E-state index in [2.05, 4.69) is 13.8 Å². The summed E-state index contributed by atoms with van der Waals surface area (Å²) in [5.74, 6) is 0.236. The monoisotopic (exact) mass is 368 g/mol. The molecule has 3 aliphatic rings. The summed E-state index contributed by atoms with van der Waals surface area (Å²) in [5, 5.41) is 23.2. The highest BCUT2D eigenvalue weighted by molar-refractivity contribution is 5.84. The van der Waals surface area contributed by atoms with Crippen LogP contribution in [0.3, 0.4) is 0 Å². The molecular weight excluding hydrogens is 340 g/mol. The number of rotatable bonds is 1. The second-order valence-corrected chi connectivity index (χ2v) is 9.05. The molecule has 2 N–H and O–H groups in total. The predicted molar refractivity (Wildman–Crippen MR) is 103 cm³/mol. The minimum atomic E-state index is -1.45. The summed E-state index contributed by atoms with van der Waals surface area (Å²) in [6.07, 6.45) is 6.07. The van der Waals surface area contributed by atoms with Crippen molar-refractivity contribution in [2.45, 2.75) is 57.3 Å². The molecular formula is C23H28O4. The van der Waals surface area contributed by atoms with Gasteiger partial charge in [-0.25, -0.2) is 4.89 Å². The Morgan fingerprint density at radius 3 is 2.59 bits per heavy atom. The Labute approximate surface area is 160 Å². The first kappa shape index (κ1) is 17.5. The van der Waals surface area contributed by atoms with E-state index in [9.17, 15) is 10.2 Å². The lowest BCUT2D eigenvalue weighted by Crippen LogP contribution is -2.55. The van der Waals surface area contributed by atoms with Gasteiger partial charge in [-0.05, 0) is 66.0 Å². The molecule has 144 valence electrons. The van der Waals surface area contributed by atoms with Crippen molar-refractivity contribution in [1.29, 1.82) is 0 Å². The predicted octanol–water partition coefficient (Wildman–Crippen LogP) is 4.87. The summed E-state index contributed by atoms with van der Waals surface area (Å²) in [5.41, 5.74) is 0.297. The van der Waals surface area contributed by atoms with E-state index in [0.29, 0.717) is 11.8 Å². The minimum Gasteiger partial charge on any atom is -0.508 e. The van der Waals surface area contributed by atoms with Crippen molar-refractivity contribution in [3.8, 4) is 5.75 Å². The van der Waals surface area contributed by atoms with Crippen molar-refractivity contribution in [3.05, 3.63) is 42.0 Å². The van der Waals surface area contributed by atoms with Gasteiger partial charge in [0.25, 0.3) is 0 Å². The Bertz CT molecular complexity index is 878. The molecule has 27 heavy (non-hydrogen) atoms. The maximum Gasteiger partial charge on any atom is 0.230 e. The molecule has 3 fully saturated rings. The standard InChI is InChI=1S/C23H28O4/c1-14-10-16-4-3-5-19(11-16)22(14)15(2)23(25,27-26-22)20-8-6-18-13-21(24)9-7-17(18)12-20/h6-9,12-16,19,24-25H,3-5,10-11H2,1-2H3/t14?,15-,16?,19?,22?,23-/m1/s1. The first-order chi connectivity index (χ1) is 12.9. The Balaban J connectivity index is 1.54. The van der Waals surface area contributed by atoms with Gasteiger partial charge in [-0.3, -0.25) is 0 Å². The zero-order valence-electron chi connectivity index (χ0n) is 16.0. The third-order valence-corrected chi connectivity index (χ3v) is 7.69. The van der Waals surface area contributed by atoms with Crippen molar-refractivity contribution in [3.63, 3.8) is 0 Å². The number of phenolic OH excluding ortho intramolecular Hbond substituents is 1. The van der Waals surface area contributed by atoms with Crippen molar-refractivity contribution < 1.29 is 20.0 Å². The maximum atomic E-state index is 11.6. The van der Waals surface area contributed by atoms with Gasteiger partial charge in [0, 0.05) is 5.56 Å². The summed E-state index contributed by atoms with van der Waals surface area (Å²) in [7, 11) is 0. The van der Waals surface area contributed by atoms with Crippen LogP contribution in [0.1, 0.15) is 51.5 Å². The molecule has 2 bridgehead atoms. The average molecular weight is 368 g/mol. The van der Waals surface area contributed by atoms with Crippen LogP contribution in [0.5, 0.6) is 5.75 Å². The van der Waals surface area contributed by atoms with Crippen LogP contribution in [0, 0.1) is 23.7 Å². The van der Waals surface area contributed by atoms with Crippen LogP contribution in [0.2, 0.25) is 0 Å². The largest absolute Gasteiger partial charge is 0.508 e. The van der Waals surface area contributed by atoms with Crippen molar-refractivity contribution in [1.82, 2.24) is 0 Å². The van der Waals surface area contributed by atoms with E-state index in [0.717, 1.165) is 35.1 Å². The Kier molecular flexibility index (Phi) is 3.84. The van der Waals surface area contributed by atoms with Crippen LogP contribution in [-0.2, 0) is 15.6 Å². The molecule has 0 radical (unpaired) electrons. The van der Waals surface area contributed by atoms with Gasteiger partial charge in [-0.2, -0.15) is 4.89 Å². The Hall–Kier alpha value is -1.62. The molecule has 0 aromatic heterocycles. The summed E-state index contributed by atoms with van der Waals surface area (Å²) in [6, 6.07) is 11.0. The summed E-state index contributed by atoms with van der Waals surface area (Å²) < 4.78 is 0. The number of benzene rings is 2. The van der Waals surface area contributed by atoms with Gasteiger partial charge in [0.2, 0.25) is 5.79 Å². The van der Waals surface area contributed by atoms with Crippen LogP contribution in [0.15, 0.2) is 36.4 Å². The summed E-state index contributed by atoms with van der Waals surface area (Å²) in [6.45, 7) is 4.35. The highest BCUT2D eigenvalue weighted by atomic mass is 17.2. The second kappa shape index (κ2) is 5.94. The smallest absolute Gasteiger partial charge is 0.230 e. The lowest BCUT2D eigenvalue weighted by atomic mass is 9.55. The number of aliphatic hydroxyl groups is 1. The molecule has 5 rings (SSSR count). The number of aromatic hydroxyl groups is 1. The molecule has 1 heterocycles. The molecule has 2 aromatic rings. The molecule has 0 amide bonds. The average Bonchev–Trinajstić information content (AvgIpc) is 2.94. The van der Waals surface area contributed by atoms with E-state index in [1.54, 1.807) is 12.1 Å². The van der Waals surface area contributed by atoms with E-state index in [1.165, 1.54) is 19.3 Å². The molecule has 1 spiro atoms. The van der Waals surface area contributed by atoms with E-state index in [4.69, 9.17) is 9.78 Å². The third kappa shape index (κ3) is 2.40. The third-order valence-electron chi connectivity index (χ3n) is 7.69. The molecule has 2 aliphatic carbocycles. The number of fused-ring (bicyclic) bond motifs is 4. The second-order valence-electron chi connectivity index (χ2n) is 9.05. The summed E-state index contributed by atoms with van der Waals surface area (Å²) >= 11 is 0. The van der Waals surface area contributed by atoms with Gasteiger partial charge >= 0.3 is 0 Å². The normalized spacial score (nSPS) is 41.3. The zero-order chi connectivity index (χ0) is 18.8. The van der Waals surface area contributed by atoms with Crippen LogP contribution < -0.4 is 0 Å². The Morgan fingerprint density at radius 1 is 0.963 bits per heavy atom. The molecule has 4 unspecified atom stereocenters. The topological polar surface area (TPSA) is 58.9 Å². The van der Waals surface area contributed by atoms with Crippen LogP contribution >= 0.6 is 0 Å². The highest BCUT2D eigenvalue weighted by Crippen LogP contribution is 2.60. The summed E-state index contributed by atoms with van der Waals surface area (Å²) in [4.78, 5) is 11.9. The van der Waals surface area contributed by atoms with Gasteiger partial charge in [-0.15, -0.1) is 0 Å². The van der Waals surface area contributed by atoms with Crippen LogP contribution in [0.25, 0.3) is 10.8 Å². The lowest BCUT2D eigenvalue weighted by Gasteiger charge is -2.51. The molecule has 2 saturated carbocycles. The van der Waals surface area contributed by atoms with E-state index in [-0.39, 0.29) is 11.7 Å². The molecule has 2 aromatic carbocycles. The molecule has 1 saturated heterocycles. The van der Waals surface area contributed by atoms with Gasteiger partial charge in [0.15, 0.2) is 0 Å². The fourth-order valence-corrected chi connectivity index (χ4v) is 6.27. The van der Waals surface area contributed by atoms with E-state index < -0.39 is 11.4 Å². The quantitative estimate of drug-likeness (QED) is 0.705. The molecule has 4 nitrogen and oxygen atoms in total. The lowest BCUT2D eigenvalue weighted by molar-refractivity contribution is -0.414. The molecule has 4 heteroatoms. The number of hydrogen-bond acceptors (Lipinski definition) is 4. The van der Waals surface area contributed by atoms with Gasteiger partial charge in [0.05, 0.1) is 5.92 Å². The number of phenols is 1. The fraction of sp³-hybridized carbons (Fsp3) is 0.565. The van der Waals surface area contributed by atoms with Gasteiger partial charge < -0.3 is 10.2 Å². The van der Waals surface area contributed by atoms with E-state index >= 15 is 0 Å². The SMILES string of the molecule is CC1CC2CCCC(C2)C12OO[C@@](O)(c1ccc3cc(O)ccc3c1)[C@@H]2C. The minimum absolute atomic E-state index is 0.154. The molecule has 6 atom stereocenters. The zero-order valence-corrected chi connectivity index (χ0v) is 16.0. The van der Waals surface area contributed by atoms with Crippen LogP contribution in [0.4, 0.5) is 0 Å². The fourth-order valence-electron chi connectivity index (χ4n) is 6.27. The Morgan fingerprint density at radius 2 is 1.74 bits per heavy atom. The van der Waals surface area contributed by atoms with E-state index in [1.807, 2.05) is 24.3 Å². The first-order valence-electron chi connectivity index (χ1n) is 10.3. The number of hydrogen-bond donors (Lipinski definition) is 2. The first-order valence-corrected chi connectivity index (χ1v) is 10.3. The van der Waals surface area contributed by atoms with Gasteiger partial charge in [0.1, 0.15) is 11.4 Å². The maximum absolute atomic E-state index is 11.6. The van der Waals surface area contributed by atoms with Gasteiger partial charge in [-0.1, -0.05) is 44.9 Å².